The number of aromatic amines is 1. The number of fused-ring (bicyclic) bond motifs is 1. The fourth-order valence-electron chi connectivity index (χ4n) is 6.10. The van der Waals surface area contributed by atoms with Crippen molar-refractivity contribution in [2.75, 3.05) is 13.1 Å². The SMILES string of the molecule is CC(C)NC(=O)C1CCC(n2/c(=N/C(=O)c3ccc(F)cc3)[nH]c3ccc(CN4CCC(S(=O)(=O)O)CC4)cc32)CC1. The molecule has 3 aromatic rings. The van der Waals surface area contributed by atoms with Gasteiger partial charge in [-0.05, 0) is 107 Å². The third-order valence-electron chi connectivity index (χ3n) is 8.32. The number of piperidine rings is 1. The van der Waals surface area contributed by atoms with Gasteiger partial charge in [0.15, 0.2) is 0 Å². The standard InChI is InChI=1S/C30H38FN5O5S/c1-19(2)32-28(37)22-6-10-24(11-7-22)36-27-17-20(18-35-15-13-25(14-16-35)42(39,40)41)3-12-26(27)33-30(36)34-29(38)21-4-8-23(31)9-5-21/h3-5,8-9,12,17,19,22,24-25H,6-7,10-11,13-16,18H2,1-2H3,(H,32,37)(H,33,34,38)(H,39,40,41). The summed E-state index contributed by atoms with van der Waals surface area (Å²) in [5.74, 6) is -0.900. The summed E-state index contributed by atoms with van der Waals surface area (Å²) in [5.41, 5.74) is 3.42. The second-order valence-corrected chi connectivity index (χ2v) is 13.4. The summed E-state index contributed by atoms with van der Waals surface area (Å²) in [7, 11) is -4.03. The molecule has 1 aliphatic carbocycles. The van der Waals surface area contributed by atoms with Crippen LogP contribution >= 0.6 is 0 Å². The molecule has 42 heavy (non-hydrogen) atoms. The number of benzene rings is 2. The number of aromatic nitrogens is 2. The fraction of sp³-hybridized carbons (Fsp3) is 0.500. The summed E-state index contributed by atoms with van der Waals surface area (Å²) in [5, 5.41) is 2.30. The van der Waals surface area contributed by atoms with Crippen LogP contribution in [-0.2, 0) is 21.5 Å². The summed E-state index contributed by atoms with van der Waals surface area (Å²) < 4.78 is 48.0. The van der Waals surface area contributed by atoms with Crippen molar-refractivity contribution in [2.24, 2.45) is 10.9 Å². The van der Waals surface area contributed by atoms with Crippen LogP contribution in [0.25, 0.3) is 11.0 Å². The van der Waals surface area contributed by atoms with Crippen LogP contribution in [0.15, 0.2) is 47.5 Å². The van der Waals surface area contributed by atoms with Gasteiger partial charge in [0.2, 0.25) is 11.5 Å². The van der Waals surface area contributed by atoms with Crippen molar-refractivity contribution in [3.05, 3.63) is 65.0 Å². The van der Waals surface area contributed by atoms with Gasteiger partial charge >= 0.3 is 0 Å². The molecule has 0 atom stereocenters. The second kappa shape index (κ2) is 12.5. The first-order chi connectivity index (χ1) is 20.0. The Labute approximate surface area is 244 Å². The summed E-state index contributed by atoms with van der Waals surface area (Å²) in [6.45, 7) is 5.63. The number of halogens is 1. The highest BCUT2D eigenvalue weighted by molar-refractivity contribution is 7.86. The van der Waals surface area contributed by atoms with Crippen molar-refractivity contribution >= 4 is 33.0 Å². The van der Waals surface area contributed by atoms with E-state index in [4.69, 9.17) is 0 Å². The molecule has 2 amide bonds. The predicted octanol–water partition coefficient (Wildman–Crippen LogP) is 3.96. The Morgan fingerprint density at radius 3 is 2.33 bits per heavy atom. The molecule has 2 fully saturated rings. The number of nitrogens with one attached hydrogen (secondary N) is 2. The molecule has 2 heterocycles. The number of rotatable bonds is 7. The number of H-pyrrole nitrogens is 1. The van der Waals surface area contributed by atoms with Crippen molar-refractivity contribution in [3.8, 4) is 0 Å². The monoisotopic (exact) mass is 599 g/mol. The van der Waals surface area contributed by atoms with Gasteiger partial charge in [-0.25, -0.2) is 4.39 Å². The number of carbonyl (C=O) groups is 2. The maximum atomic E-state index is 13.4. The van der Waals surface area contributed by atoms with E-state index >= 15 is 0 Å². The van der Waals surface area contributed by atoms with Crippen LogP contribution in [0.1, 0.15) is 74.3 Å². The molecular formula is C30H38FN5O5S. The normalized spacial score (nSPS) is 21.2. The first-order valence-electron chi connectivity index (χ1n) is 14.5. The van der Waals surface area contributed by atoms with Crippen LogP contribution in [0.5, 0.6) is 0 Å². The number of hydrogen-bond acceptors (Lipinski definition) is 5. The highest BCUT2D eigenvalue weighted by Gasteiger charge is 2.30. The Morgan fingerprint density at radius 2 is 1.71 bits per heavy atom. The van der Waals surface area contributed by atoms with Crippen molar-refractivity contribution in [3.63, 3.8) is 0 Å². The number of imidazole rings is 1. The summed E-state index contributed by atoms with van der Waals surface area (Å²) in [6, 6.07) is 11.4. The Morgan fingerprint density at radius 1 is 1.05 bits per heavy atom. The second-order valence-electron chi connectivity index (χ2n) is 11.8. The summed E-state index contributed by atoms with van der Waals surface area (Å²) in [6.07, 6.45) is 3.69. The highest BCUT2D eigenvalue weighted by atomic mass is 32.2. The third kappa shape index (κ3) is 6.99. The van der Waals surface area contributed by atoms with E-state index in [1.807, 2.05) is 26.0 Å². The van der Waals surface area contributed by atoms with Crippen LogP contribution in [0, 0.1) is 11.7 Å². The molecule has 1 aliphatic heterocycles. The Kier molecular flexibility index (Phi) is 8.95. The topological polar surface area (TPSA) is 137 Å². The van der Waals surface area contributed by atoms with Gasteiger partial charge in [0.1, 0.15) is 5.82 Å². The minimum atomic E-state index is -4.03. The van der Waals surface area contributed by atoms with Crippen molar-refractivity contribution in [1.82, 2.24) is 19.8 Å². The molecule has 2 aromatic carbocycles. The van der Waals surface area contributed by atoms with Gasteiger partial charge in [-0.3, -0.25) is 19.0 Å². The van der Waals surface area contributed by atoms with Crippen molar-refractivity contribution in [2.45, 2.75) is 76.3 Å². The van der Waals surface area contributed by atoms with E-state index in [0.29, 0.717) is 38.1 Å². The summed E-state index contributed by atoms with van der Waals surface area (Å²) in [4.78, 5) is 35.6. The number of likely N-dealkylation sites (tertiary alicyclic amines) is 1. The largest absolute Gasteiger partial charge is 0.354 e. The van der Waals surface area contributed by atoms with Gasteiger partial charge in [0.25, 0.3) is 16.0 Å². The fourth-order valence-corrected chi connectivity index (χ4v) is 6.91. The molecule has 1 saturated carbocycles. The van der Waals surface area contributed by atoms with Gasteiger partial charge in [-0.2, -0.15) is 13.4 Å². The number of carbonyl (C=O) groups excluding carboxylic acids is 2. The lowest BCUT2D eigenvalue weighted by Gasteiger charge is -2.31. The van der Waals surface area contributed by atoms with Crippen LogP contribution in [0.4, 0.5) is 4.39 Å². The van der Waals surface area contributed by atoms with Crippen LogP contribution in [0.2, 0.25) is 0 Å². The van der Waals surface area contributed by atoms with Crippen LogP contribution in [-0.4, -0.2) is 63.6 Å². The lowest BCUT2D eigenvalue weighted by Crippen LogP contribution is -2.38. The van der Waals surface area contributed by atoms with Crippen molar-refractivity contribution in [1.29, 1.82) is 0 Å². The van der Waals surface area contributed by atoms with E-state index < -0.39 is 27.1 Å². The van der Waals surface area contributed by atoms with Crippen LogP contribution < -0.4 is 10.9 Å². The first kappa shape index (κ1) is 30.1. The highest BCUT2D eigenvalue weighted by Crippen LogP contribution is 2.34. The maximum Gasteiger partial charge on any atom is 0.280 e. The molecule has 0 bridgehead atoms. The molecule has 226 valence electrons. The molecule has 5 rings (SSSR count). The molecule has 0 radical (unpaired) electrons. The summed E-state index contributed by atoms with van der Waals surface area (Å²) >= 11 is 0. The number of amides is 2. The average molecular weight is 600 g/mol. The molecule has 1 aromatic heterocycles. The lowest BCUT2D eigenvalue weighted by atomic mass is 9.85. The van der Waals surface area contributed by atoms with Gasteiger partial charge in [0.05, 0.1) is 16.3 Å². The van der Waals surface area contributed by atoms with E-state index in [2.05, 4.69) is 30.8 Å². The Balaban J connectivity index is 1.44. The third-order valence-corrected chi connectivity index (χ3v) is 9.63. The average Bonchev–Trinajstić information content (AvgIpc) is 3.30. The van der Waals surface area contributed by atoms with E-state index in [9.17, 15) is 27.0 Å². The molecule has 1 saturated heterocycles. The van der Waals surface area contributed by atoms with Crippen molar-refractivity contribution < 1.29 is 27.0 Å². The van der Waals surface area contributed by atoms with Crippen LogP contribution in [0.3, 0.4) is 0 Å². The molecule has 10 nitrogen and oxygen atoms in total. The minimum absolute atomic E-state index is 0.0161. The molecule has 2 aliphatic rings. The van der Waals surface area contributed by atoms with Gasteiger partial charge in [-0.15, -0.1) is 0 Å². The lowest BCUT2D eigenvalue weighted by molar-refractivity contribution is -0.126. The van der Waals surface area contributed by atoms with E-state index in [0.717, 1.165) is 42.3 Å². The molecule has 12 heteroatoms. The Bertz CT molecular complexity index is 1610. The van der Waals surface area contributed by atoms with E-state index in [1.54, 1.807) is 0 Å². The predicted molar refractivity (Wildman–Crippen MR) is 157 cm³/mol. The molecule has 0 unspecified atom stereocenters. The maximum absolute atomic E-state index is 13.4. The molecular weight excluding hydrogens is 561 g/mol. The number of hydrogen-bond donors (Lipinski definition) is 3. The van der Waals surface area contributed by atoms with Gasteiger partial charge in [-0.1, -0.05) is 6.07 Å². The molecule has 0 spiro atoms. The zero-order valence-corrected chi connectivity index (χ0v) is 24.7. The van der Waals surface area contributed by atoms with Gasteiger partial charge < -0.3 is 14.9 Å². The van der Waals surface area contributed by atoms with E-state index in [-0.39, 0.29) is 29.5 Å². The zero-order valence-electron chi connectivity index (χ0n) is 23.9. The molecule has 3 N–H and O–H groups in total. The smallest absolute Gasteiger partial charge is 0.280 e. The quantitative estimate of drug-likeness (QED) is 0.352. The van der Waals surface area contributed by atoms with E-state index in [1.165, 1.54) is 24.3 Å². The zero-order chi connectivity index (χ0) is 30.0. The number of nitrogens with zero attached hydrogens (tertiary/aromatic N) is 3. The first-order valence-corrected chi connectivity index (χ1v) is 16.0. The minimum Gasteiger partial charge on any atom is -0.354 e. The Hall–Kier alpha value is -3.35. The van der Waals surface area contributed by atoms with Gasteiger partial charge in [0, 0.05) is 30.1 Å².